The quantitative estimate of drug-likeness (QED) is 0.692. The lowest BCUT2D eigenvalue weighted by atomic mass is 9.96. The molecule has 2 fully saturated rings. The Morgan fingerprint density at radius 1 is 1.29 bits per heavy atom. The fourth-order valence-electron chi connectivity index (χ4n) is 3.09. The van der Waals surface area contributed by atoms with Gasteiger partial charge in [-0.15, -0.1) is 0 Å². The lowest BCUT2D eigenvalue weighted by Gasteiger charge is -2.37. The molecule has 0 bridgehead atoms. The van der Waals surface area contributed by atoms with E-state index in [4.69, 9.17) is 0 Å². The fraction of sp³-hybridized carbons (Fsp3) is 0.867. The molecule has 0 aromatic rings. The largest absolute Gasteiger partial charge is 0.480 e. The number of aliphatic carboxylic acids is 1. The molecule has 0 spiro atoms. The van der Waals surface area contributed by atoms with E-state index in [0.717, 1.165) is 45.2 Å². The third kappa shape index (κ3) is 3.67. The van der Waals surface area contributed by atoms with E-state index in [1.54, 1.807) is 6.92 Å². The number of nitrogens with zero attached hydrogens (tertiary/aromatic N) is 1. The van der Waals surface area contributed by atoms with Crippen molar-refractivity contribution in [2.24, 2.45) is 5.92 Å². The van der Waals surface area contributed by atoms with Gasteiger partial charge in [0.05, 0.1) is 0 Å². The average molecular weight is 297 g/mol. The Hall–Kier alpha value is -1.30. The summed E-state index contributed by atoms with van der Waals surface area (Å²) in [4.78, 5) is 26.0. The van der Waals surface area contributed by atoms with E-state index in [0.29, 0.717) is 6.54 Å². The maximum absolute atomic E-state index is 12.6. The van der Waals surface area contributed by atoms with E-state index < -0.39 is 11.5 Å². The summed E-state index contributed by atoms with van der Waals surface area (Å²) >= 11 is 0. The Morgan fingerprint density at radius 3 is 2.38 bits per heavy atom. The van der Waals surface area contributed by atoms with Gasteiger partial charge in [0.1, 0.15) is 5.54 Å². The molecule has 2 amide bonds. The highest BCUT2D eigenvalue weighted by molar-refractivity contribution is 5.86. The minimum atomic E-state index is -1.13. The first kappa shape index (κ1) is 16.1. The minimum absolute atomic E-state index is 0.0652. The Morgan fingerprint density at radius 2 is 1.90 bits per heavy atom. The molecule has 1 atom stereocenters. The summed E-state index contributed by atoms with van der Waals surface area (Å²) in [5.74, 6) is -0.865. The predicted octanol–water partition coefficient (Wildman–Crippen LogP) is 1.41. The summed E-state index contributed by atoms with van der Waals surface area (Å²) in [6.45, 7) is 6.18. The highest BCUT2D eigenvalue weighted by Gasteiger charge is 2.49. The highest BCUT2D eigenvalue weighted by atomic mass is 16.4. The summed E-state index contributed by atoms with van der Waals surface area (Å²) in [6.07, 6.45) is 4.50. The van der Waals surface area contributed by atoms with Gasteiger partial charge in [0.15, 0.2) is 0 Å². The Labute approximate surface area is 126 Å². The molecule has 1 unspecified atom stereocenters. The minimum Gasteiger partial charge on any atom is -0.480 e. The first-order valence-electron chi connectivity index (χ1n) is 8.02. The maximum atomic E-state index is 12.6. The van der Waals surface area contributed by atoms with Gasteiger partial charge < -0.3 is 20.6 Å². The molecule has 1 saturated heterocycles. The van der Waals surface area contributed by atoms with Crippen molar-refractivity contribution < 1.29 is 14.7 Å². The highest BCUT2D eigenvalue weighted by Crippen LogP contribution is 2.39. The smallest absolute Gasteiger partial charge is 0.329 e. The number of urea groups is 1. The van der Waals surface area contributed by atoms with Gasteiger partial charge in [-0.3, -0.25) is 0 Å². The number of nitrogens with one attached hydrogen (secondary N) is 2. The van der Waals surface area contributed by atoms with Gasteiger partial charge in [-0.2, -0.15) is 0 Å². The van der Waals surface area contributed by atoms with E-state index in [-0.39, 0.29) is 18.0 Å². The molecular formula is C15H27N3O3. The molecule has 0 aromatic carbocycles. The zero-order chi connectivity index (χ0) is 15.5. The van der Waals surface area contributed by atoms with E-state index in [1.807, 2.05) is 11.8 Å². The van der Waals surface area contributed by atoms with Crippen LogP contribution in [-0.4, -0.2) is 53.2 Å². The van der Waals surface area contributed by atoms with Gasteiger partial charge in [-0.25, -0.2) is 9.59 Å². The molecule has 2 aliphatic rings. The second-order valence-electron chi connectivity index (χ2n) is 6.39. The van der Waals surface area contributed by atoms with Crippen LogP contribution in [0.2, 0.25) is 0 Å². The maximum Gasteiger partial charge on any atom is 0.329 e. The van der Waals surface area contributed by atoms with Gasteiger partial charge in [0, 0.05) is 12.6 Å². The van der Waals surface area contributed by atoms with Crippen molar-refractivity contribution in [2.45, 2.75) is 57.5 Å². The van der Waals surface area contributed by atoms with Gasteiger partial charge in [0.25, 0.3) is 0 Å². The van der Waals surface area contributed by atoms with E-state index in [9.17, 15) is 14.7 Å². The molecule has 1 heterocycles. The van der Waals surface area contributed by atoms with Crippen LogP contribution in [0.25, 0.3) is 0 Å². The number of amides is 2. The van der Waals surface area contributed by atoms with E-state index >= 15 is 0 Å². The van der Waals surface area contributed by atoms with Crippen LogP contribution in [0, 0.1) is 5.92 Å². The Bertz CT molecular complexity index is 392. The van der Waals surface area contributed by atoms with Crippen LogP contribution in [-0.2, 0) is 4.79 Å². The molecule has 6 nitrogen and oxygen atoms in total. The van der Waals surface area contributed by atoms with Crippen LogP contribution >= 0.6 is 0 Å². The predicted molar refractivity (Wildman–Crippen MR) is 80.2 cm³/mol. The first-order valence-corrected chi connectivity index (χ1v) is 8.02. The zero-order valence-corrected chi connectivity index (χ0v) is 13.0. The molecule has 0 aromatic heterocycles. The van der Waals surface area contributed by atoms with Crippen LogP contribution in [0.15, 0.2) is 0 Å². The molecule has 1 saturated carbocycles. The fourth-order valence-corrected chi connectivity index (χ4v) is 3.09. The second kappa shape index (κ2) is 6.64. The molecular weight excluding hydrogens is 270 g/mol. The molecule has 0 radical (unpaired) electrons. The summed E-state index contributed by atoms with van der Waals surface area (Å²) in [5.41, 5.74) is -1.13. The van der Waals surface area contributed by atoms with Crippen molar-refractivity contribution in [1.82, 2.24) is 15.5 Å². The lowest BCUT2D eigenvalue weighted by Crippen LogP contribution is -2.60. The van der Waals surface area contributed by atoms with Crippen LogP contribution < -0.4 is 10.6 Å². The monoisotopic (exact) mass is 297 g/mol. The van der Waals surface area contributed by atoms with Crippen molar-refractivity contribution >= 4 is 12.0 Å². The number of piperidine rings is 1. The van der Waals surface area contributed by atoms with E-state index in [2.05, 4.69) is 10.6 Å². The number of rotatable bonds is 6. The third-order valence-electron chi connectivity index (χ3n) is 4.68. The number of hydrogen-bond donors (Lipinski definition) is 3. The number of carbonyl (C=O) groups excluding carboxylic acids is 1. The van der Waals surface area contributed by atoms with Crippen LogP contribution in [0.5, 0.6) is 0 Å². The first-order chi connectivity index (χ1) is 9.99. The van der Waals surface area contributed by atoms with Crippen molar-refractivity contribution in [1.29, 1.82) is 0 Å². The van der Waals surface area contributed by atoms with E-state index in [1.165, 1.54) is 0 Å². The van der Waals surface area contributed by atoms with Gasteiger partial charge in [0.2, 0.25) is 0 Å². The summed E-state index contributed by atoms with van der Waals surface area (Å²) in [7, 11) is 0. The van der Waals surface area contributed by atoms with Gasteiger partial charge >= 0.3 is 12.0 Å². The van der Waals surface area contributed by atoms with Crippen LogP contribution in [0.3, 0.4) is 0 Å². The molecule has 1 aliphatic heterocycles. The number of hydrogen-bond acceptors (Lipinski definition) is 3. The second-order valence-corrected chi connectivity index (χ2v) is 6.39. The average Bonchev–Trinajstić information content (AvgIpc) is 3.30. The van der Waals surface area contributed by atoms with Gasteiger partial charge in [-0.1, -0.05) is 6.92 Å². The molecule has 2 rings (SSSR count). The summed E-state index contributed by atoms with van der Waals surface area (Å²) < 4.78 is 0. The van der Waals surface area contributed by atoms with Crippen molar-refractivity contribution in [3.05, 3.63) is 0 Å². The molecule has 21 heavy (non-hydrogen) atoms. The third-order valence-corrected chi connectivity index (χ3v) is 4.68. The molecule has 1 aliphatic carbocycles. The topological polar surface area (TPSA) is 81.7 Å². The van der Waals surface area contributed by atoms with Crippen molar-refractivity contribution in [3.8, 4) is 0 Å². The Kier molecular flexibility index (Phi) is 5.08. The molecule has 3 N–H and O–H groups in total. The number of carboxylic acids is 1. The van der Waals surface area contributed by atoms with Gasteiger partial charge in [-0.05, 0) is 58.0 Å². The summed E-state index contributed by atoms with van der Waals surface area (Å²) in [5, 5.41) is 15.6. The molecule has 120 valence electrons. The standard InChI is InChI=1S/C15H27N3O3/c1-3-10-18(12-6-8-16-9-7-12)14(21)17-15(2,13(19)20)11-4-5-11/h11-12,16H,3-10H2,1-2H3,(H,17,21)(H,19,20). The Balaban J connectivity index is 2.04. The molecule has 6 heteroatoms. The van der Waals surface area contributed by atoms with Crippen LogP contribution in [0.4, 0.5) is 4.79 Å². The SMILES string of the molecule is CCCN(C(=O)NC(C)(C(=O)O)C1CC1)C1CCNCC1. The lowest BCUT2D eigenvalue weighted by molar-refractivity contribution is -0.144. The zero-order valence-electron chi connectivity index (χ0n) is 13.0. The van der Waals surface area contributed by atoms with Crippen LogP contribution in [0.1, 0.15) is 46.0 Å². The summed E-state index contributed by atoms with van der Waals surface area (Å²) in [6, 6.07) is -0.0102. The number of carboxylic acid groups (broad SMARTS) is 1. The van der Waals surface area contributed by atoms with Crippen molar-refractivity contribution in [3.63, 3.8) is 0 Å². The normalized spacial score (nSPS) is 22.4. The number of carbonyl (C=O) groups is 2. The van der Waals surface area contributed by atoms with Crippen molar-refractivity contribution in [2.75, 3.05) is 19.6 Å².